The van der Waals surface area contributed by atoms with Crippen LogP contribution in [0.1, 0.15) is 38.5 Å². The number of nitrogens with one attached hydrogen (secondary N) is 1. The van der Waals surface area contributed by atoms with Gasteiger partial charge in [0.25, 0.3) is 0 Å². The molecule has 8 nitrogen and oxygen atoms in total. The fourth-order valence-corrected chi connectivity index (χ4v) is 2.50. The van der Waals surface area contributed by atoms with E-state index in [0.717, 1.165) is 32.1 Å². The van der Waals surface area contributed by atoms with E-state index in [9.17, 15) is 19.3 Å². The van der Waals surface area contributed by atoms with Crippen LogP contribution in [0.25, 0.3) is 0 Å². The van der Waals surface area contributed by atoms with E-state index in [1.54, 1.807) is 0 Å². The Labute approximate surface area is 130 Å². The third-order valence-electron chi connectivity index (χ3n) is 3.28. The molecule has 1 amide bonds. The molecule has 0 bridgehead atoms. The minimum Gasteiger partial charge on any atom is -0.428 e. The van der Waals surface area contributed by atoms with E-state index in [1.807, 2.05) is 0 Å². The van der Waals surface area contributed by atoms with E-state index < -0.39 is 27.1 Å². The number of aliphatic hydroxyl groups excluding tert-OH is 1. The molecule has 0 saturated heterocycles. The summed E-state index contributed by atoms with van der Waals surface area (Å²) in [5, 5.41) is 11.6. The van der Waals surface area contributed by atoms with Gasteiger partial charge in [0.1, 0.15) is 12.8 Å². The summed E-state index contributed by atoms with van der Waals surface area (Å²) in [6.07, 6.45) is 2.77. The van der Waals surface area contributed by atoms with E-state index in [0.29, 0.717) is 0 Å². The average Bonchev–Trinajstić information content (AvgIpc) is 2.47. The summed E-state index contributed by atoms with van der Waals surface area (Å²) >= 11 is 0. The Morgan fingerprint density at radius 2 is 1.95 bits per heavy atom. The molecule has 0 aromatic carbocycles. The molecule has 1 saturated carbocycles. The number of aliphatic hydroxyl groups is 1. The fourth-order valence-electron chi connectivity index (χ4n) is 2.14. The Hall–Kier alpha value is -1.24. The Morgan fingerprint density at radius 1 is 1.27 bits per heavy atom. The number of rotatable bonds is 8. The summed E-state index contributed by atoms with van der Waals surface area (Å²) in [4.78, 5) is 23.0. The molecule has 2 unspecified atom stereocenters. The molecule has 1 aliphatic carbocycles. The van der Waals surface area contributed by atoms with Crippen molar-refractivity contribution in [1.29, 1.82) is 0 Å². The second-order valence-corrected chi connectivity index (χ2v) is 6.21. The summed E-state index contributed by atoms with van der Waals surface area (Å²) in [5.74, 6) is -0.465. The lowest BCUT2D eigenvalue weighted by Gasteiger charge is -2.19. The maximum atomic E-state index is 11.7. The van der Waals surface area contributed by atoms with Crippen LogP contribution in [0.4, 0.5) is 4.79 Å². The van der Waals surface area contributed by atoms with Gasteiger partial charge in [0.15, 0.2) is 6.66 Å². The summed E-state index contributed by atoms with van der Waals surface area (Å²) in [6, 6.07) is 0. The second kappa shape index (κ2) is 10.5. The lowest BCUT2D eigenvalue weighted by Crippen LogP contribution is -2.36. The maximum Gasteiger partial charge on any atom is 0.504 e. The number of esters is 1. The topological polar surface area (TPSA) is 111 Å². The first-order valence-corrected chi connectivity index (χ1v) is 8.93. The molecule has 0 aliphatic heterocycles. The van der Waals surface area contributed by atoms with Crippen LogP contribution in [0.3, 0.4) is 0 Å². The van der Waals surface area contributed by atoms with Crippen molar-refractivity contribution >= 4 is 20.1 Å². The van der Waals surface area contributed by atoms with Gasteiger partial charge in [0.05, 0.1) is 5.92 Å². The van der Waals surface area contributed by atoms with Gasteiger partial charge in [-0.25, -0.2) is 4.79 Å². The average molecular weight is 336 g/mol. The first kappa shape index (κ1) is 18.8. The highest BCUT2D eigenvalue weighted by Crippen LogP contribution is 2.24. The molecule has 1 aliphatic rings. The predicted molar refractivity (Wildman–Crippen MR) is 77.3 cm³/mol. The van der Waals surface area contributed by atoms with E-state index >= 15 is 0 Å². The first-order valence-electron chi connectivity index (χ1n) is 7.31. The molecule has 0 aromatic rings. The molecule has 0 aromatic heterocycles. The minimum atomic E-state index is -1.74. The van der Waals surface area contributed by atoms with Crippen LogP contribution in [-0.2, 0) is 23.4 Å². The highest BCUT2D eigenvalue weighted by atomic mass is 31.1. The van der Waals surface area contributed by atoms with E-state index in [1.165, 1.54) is 6.66 Å². The molecule has 2 N–H and O–H groups in total. The monoisotopic (exact) mass is 336 g/mol. The number of hydrogen-bond acceptors (Lipinski definition) is 7. The fraction of sp³-hybridized carbons (Fsp3) is 0.846. The third-order valence-corrected chi connectivity index (χ3v) is 3.82. The molecular weight excluding hydrogens is 313 g/mol. The number of alkyl carbamates (subject to hydrolysis) is 1. The SMILES string of the molecule is C[P+](=O)OCCC(O)NC(=O)OCOC(=O)C1CCCCC1. The van der Waals surface area contributed by atoms with Crippen LogP contribution < -0.4 is 5.32 Å². The summed E-state index contributed by atoms with van der Waals surface area (Å²) < 4.78 is 25.0. The number of amides is 1. The van der Waals surface area contributed by atoms with E-state index in [-0.39, 0.29) is 24.9 Å². The number of carbonyl (C=O) groups excluding carboxylic acids is 2. The van der Waals surface area contributed by atoms with Crippen molar-refractivity contribution in [1.82, 2.24) is 5.32 Å². The van der Waals surface area contributed by atoms with E-state index in [4.69, 9.17) is 9.26 Å². The van der Waals surface area contributed by atoms with Gasteiger partial charge in [0, 0.05) is 6.42 Å². The molecule has 0 heterocycles. The minimum absolute atomic E-state index is 0.0455. The van der Waals surface area contributed by atoms with Crippen molar-refractivity contribution in [3.05, 3.63) is 0 Å². The quantitative estimate of drug-likeness (QED) is 0.395. The summed E-state index contributed by atoms with van der Waals surface area (Å²) in [7, 11) is -1.74. The van der Waals surface area contributed by atoms with Crippen molar-refractivity contribution in [2.45, 2.75) is 44.8 Å². The number of hydrogen-bond donors (Lipinski definition) is 2. The van der Waals surface area contributed by atoms with Crippen molar-refractivity contribution in [3.8, 4) is 0 Å². The lowest BCUT2D eigenvalue weighted by atomic mass is 9.89. The zero-order valence-corrected chi connectivity index (χ0v) is 13.5. The Bertz CT molecular complexity index is 385. The van der Waals surface area contributed by atoms with Gasteiger partial charge in [-0.2, -0.15) is 0 Å². The molecule has 126 valence electrons. The van der Waals surface area contributed by atoms with Gasteiger partial charge in [-0.05, 0) is 17.4 Å². The van der Waals surface area contributed by atoms with Crippen molar-refractivity contribution in [2.24, 2.45) is 5.92 Å². The number of ether oxygens (including phenoxy) is 2. The van der Waals surface area contributed by atoms with Crippen LogP contribution in [-0.4, -0.2) is 43.5 Å². The Morgan fingerprint density at radius 3 is 2.59 bits per heavy atom. The predicted octanol–water partition coefficient (Wildman–Crippen LogP) is 1.89. The molecule has 1 rings (SSSR count). The van der Waals surface area contributed by atoms with Gasteiger partial charge in [0.2, 0.25) is 6.79 Å². The molecule has 9 heteroatoms. The Balaban J connectivity index is 2.09. The maximum absolute atomic E-state index is 11.7. The molecule has 1 fully saturated rings. The molecule has 0 radical (unpaired) electrons. The zero-order chi connectivity index (χ0) is 16.4. The molecule has 22 heavy (non-hydrogen) atoms. The van der Waals surface area contributed by atoms with Gasteiger partial charge in [-0.3, -0.25) is 10.1 Å². The van der Waals surface area contributed by atoms with Gasteiger partial charge < -0.3 is 14.6 Å². The van der Waals surface area contributed by atoms with Crippen LogP contribution in [0.5, 0.6) is 0 Å². The van der Waals surface area contributed by atoms with E-state index in [2.05, 4.69) is 10.1 Å². The zero-order valence-electron chi connectivity index (χ0n) is 12.7. The van der Waals surface area contributed by atoms with Crippen molar-refractivity contribution in [3.63, 3.8) is 0 Å². The van der Waals surface area contributed by atoms with Crippen LogP contribution >= 0.6 is 8.03 Å². The largest absolute Gasteiger partial charge is 0.504 e. The van der Waals surface area contributed by atoms with Crippen LogP contribution in [0, 0.1) is 5.92 Å². The van der Waals surface area contributed by atoms with Crippen LogP contribution in [0.15, 0.2) is 0 Å². The Kier molecular flexibility index (Phi) is 8.96. The first-order chi connectivity index (χ1) is 10.5. The highest BCUT2D eigenvalue weighted by molar-refractivity contribution is 7.38. The van der Waals surface area contributed by atoms with Crippen molar-refractivity contribution in [2.75, 3.05) is 20.1 Å². The highest BCUT2D eigenvalue weighted by Gasteiger charge is 2.22. The van der Waals surface area contributed by atoms with Gasteiger partial charge in [-0.15, -0.1) is 4.52 Å². The smallest absolute Gasteiger partial charge is 0.428 e. The molecule has 2 atom stereocenters. The third kappa shape index (κ3) is 8.26. The van der Waals surface area contributed by atoms with Gasteiger partial charge in [-0.1, -0.05) is 19.3 Å². The standard InChI is InChI=1S/C13H22NO7P/c1-22(18)21-8-7-11(15)14-13(17)20-9-19-12(16)10-5-3-2-4-6-10/h10-11,15H,2-9H2,1H3/p+1. The van der Waals surface area contributed by atoms with Gasteiger partial charge >= 0.3 is 20.1 Å². The number of carbonyl (C=O) groups is 2. The lowest BCUT2D eigenvalue weighted by molar-refractivity contribution is -0.158. The van der Waals surface area contributed by atoms with Crippen LogP contribution in [0.2, 0.25) is 0 Å². The normalized spacial score (nSPS) is 17.5. The second-order valence-electron chi connectivity index (χ2n) is 5.07. The van der Waals surface area contributed by atoms with Crippen molar-refractivity contribution < 1.29 is 33.3 Å². The molecule has 0 spiro atoms. The summed E-state index contributed by atoms with van der Waals surface area (Å²) in [6.45, 7) is 0.957. The molecular formula is C13H23NO7P+. The summed E-state index contributed by atoms with van der Waals surface area (Å²) in [5.41, 5.74) is 0.